The average molecular weight is 363 g/mol. The van der Waals surface area contributed by atoms with Crippen LogP contribution in [0.4, 0.5) is 5.69 Å². The fourth-order valence-corrected chi connectivity index (χ4v) is 2.77. The third kappa shape index (κ3) is 5.11. The molecular weight excluding hydrogens is 334 g/mol. The molecule has 0 fully saturated rings. The summed E-state index contributed by atoms with van der Waals surface area (Å²) in [6, 6.07) is 5.30. The summed E-state index contributed by atoms with van der Waals surface area (Å²) in [6.45, 7) is 5.35. The number of benzene rings is 1. The first kappa shape index (κ1) is 20.0. The topological polar surface area (TPSA) is 71.1 Å². The van der Waals surface area contributed by atoms with Crippen molar-refractivity contribution in [3.63, 3.8) is 0 Å². The number of amides is 2. The van der Waals surface area contributed by atoms with Gasteiger partial charge in [0.15, 0.2) is 0 Å². The maximum absolute atomic E-state index is 12.2. The Hall–Kier alpha value is -2.28. The molecule has 1 unspecified atom stereocenters. The number of rotatable bonds is 7. The van der Waals surface area contributed by atoms with Crippen molar-refractivity contribution in [2.75, 3.05) is 45.8 Å². The predicted octanol–water partition coefficient (Wildman–Crippen LogP) is 1.52. The second kappa shape index (κ2) is 8.89. The second-order valence-electron chi connectivity index (χ2n) is 6.93. The number of carbonyl (C=O) groups excluding carboxylic acids is 2. The quantitative estimate of drug-likeness (QED) is 0.744. The first-order valence-electron chi connectivity index (χ1n) is 8.89. The first-order chi connectivity index (χ1) is 12.3. The minimum Gasteiger partial charge on any atom is -0.489 e. The Kier molecular flexibility index (Phi) is 6.85. The molecule has 0 aliphatic carbocycles. The number of carbonyl (C=O) groups is 2. The van der Waals surface area contributed by atoms with Crippen LogP contribution in [0.25, 0.3) is 0 Å². The number of hydrogen-bond acceptors (Lipinski definition) is 5. The fraction of sp³-hybridized carbons (Fsp3) is 0.579. The predicted molar refractivity (Wildman–Crippen MR) is 101 cm³/mol. The van der Waals surface area contributed by atoms with Crippen molar-refractivity contribution in [3.8, 4) is 5.75 Å². The van der Waals surface area contributed by atoms with E-state index in [0.29, 0.717) is 31.7 Å². The molecule has 1 atom stereocenters. The molecule has 1 aromatic rings. The van der Waals surface area contributed by atoms with E-state index in [9.17, 15) is 9.59 Å². The molecule has 1 aromatic carbocycles. The summed E-state index contributed by atoms with van der Waals surface area (Å²) < 4.78 is 11.2. The van der Waals surface area contributed by atoms with Crippen LogP contribution in [0.2, 0.25) is 0 Å². The monoisotopic (exact) mass is 363 g/mol. The molecule has 0 bridgehead atoms. The van der Waals surface area contributed by atoms with Gasteiger partial charge < -0.3 is 24.6 Å². The zero-order chi connectivity index (χ0) is 19.3. The van der Waals surface area contributed by atoms with E-state index >= 15 is 0 Å². The van der Waals surface area contributed by atoms with Crippen molar-refractivity contribution in [1.82, 2.24) is 10.2 Å². The molecule has 0 aromatic heterocycles. The molecule has 144 valence electrons. The van der Waals surface area contributed by atoms with Gasteiger partial charge in [-0.05, 0) is 32.0 Å². The highest BCUT2D eigenvalue weighted by molar-refractivity contribution is 5.95. The lowest BCUT2D eigenvalue weighted by atomic mass is 10.1. The van der Waals surface area contributed by atoms with Crippen molar-refractivity contribution in [2.24, 2.45) is 0 Å². The van der Waals surface area contributed by atoms with Crippen molar-refractivity contribution >= 4 is 17.5 Å². The summed E-state index contributed by atoms with van der Waals surface area (Å²) >= 11 is 0. The Morgan fingerprint density at radius 2 is 2.12 bits per heavy atom. The average Bonchev–Trinajstić information content (AvgIpc) is 2.60. The number of hydrogen-bond donors (Lipinski definition) is 1. The number of nitrogens with one attached hydrogen (secondary N) is 1. The lowest BCUT2D eigenvalue weighted by Crippen LogP contribution is -2.44. The Bertz CT molecular complexity index is 646. The summed E-state index contributed by atoms with van der Waals surface area (Å²) in [5.41, 5.74) is 1.42. The molecule has 26 heavy (non-hydrogen) atoms. The van der Waals surface area contributed by atoms with Gasteiger partial charge in [-0.1, -0.05) is 0 Å². The van der Waals surface area contributed by atoms with Crippen LogP contribution in [0.15, 0.2) is 18.2 Å². The third-order valence-corrected chi connectivity index (χ3v) is 4.27. The van der Waals surface area contributed by atoms with Gasteiger partial charge in [0.05, 0.1) is 30.9 Å². The highest BCUT2D eigenvalue weighted by atomic mass is 16.5. The lowest BCUT2D eigenvalue weighted by molar-refractivity contribution is -0.122. The van der Waals surface area contributed by atoms with E-state index < -0.39 is 0 Å². The molecule has 0 saturated carbocycles. The van der Waals surface area contributed by atoms with Crippen LogP contribution in [0.3, 0.4) is 0 Å². The molecule has 2 amide bonds. The van der Waals surface area contributed by atoms with E-state index in [0.717, 1.165) is 11.4 Å². The molecular formula is C19H29N3O4. The Balaban J connectivity index is 1.97. The lowest BCUT2D eigenvalue weighted by Gasteiger charge is -2.35. The maximum atomic E-state index is 12.2. The Labute approximate surface area is 155 Å². The third-order valence-electron chi connectivity index (χ3n) is 4.27. The highest BCUT2D eigenvalue weighted by Gasteiger charge is 2.27. The van der Waals surface area contributed by atoms with Gasteiger partial charge in [-0.2, -0.15) is 0 Å². The van der Waals surface area contributed by atoms with Crippen LogP contribution in [-0.2, 0) is 9.53 Å². The molecule has 0 saturated heterocycles. The van der Waals surface area contributed by atoms with E-state index in [-0.39, 0.29) is 24.0 Å². The van der Waals surface area contributed by atoms with E-state index in [2.05, 4.69) is 5.32 Å². The van der Waals surface area contributed by atoms with Crippen molar-refractivity contribution in [3.05, 3.63) is 23.8 Å². The number of anilines is 1. The van der Waals surface area contributed by atoms with Crippen molar-refractivity contribution in [2.45, 2.75) is 32.4 Å². The van der Waals surface area contributed by atoms with Crippen LogP contribution in [0.1, 0.15) is 30.6 Å². The van der Waals surface area contributed by atoms with Crippen LogP contribution < -0.4 is 15.0 Å². The van der Waals surface area contributed by atoms with Gasteiger partial charge in [0.1, 0.15) is 12.4 Å². The summed E-state index contributed by atoms with van der Waals surface area (Å²) in [4.78, 5) is 27.9. The van der Waals surface area contributed by atoms with Crippen LogP contribution in [0.5, 0.6) is 5.75 Å². The maximum Gasteiger partial charge on any atom is 0.253 e. The largest absolute Gasteiger partial charge is 0.489 e. The zero-order valence-electron chi connectivity index (χ0n) is 16.2. The number of ether oxygens (including phenoxy) is 2. The van der Waals surface area contributed by atoms with Crippen molar-refractivity contribution in [1.29, 1.82) is 0 Å². The van der Waals surface area contributed by atoms with Crippen molar-refractivity contribution < 1.29 is 19.1 Å². The van der Waals surface area contributed by atoms with E-state index in [1.54, 1.807) is 20.2 Å². The minimum absolute atomic E-state index is 0.0400. The second-order valence-corrected chi connectivity index (χ2v) is 6.93. The number of likely N-dealkylation sites (N-methyl/N-ethyl adjacent to an activating group) is 1. The highest BCUT2D eigenvalue weighted by Crippen LogP contribution is 2.34. The number of fused-ring (bicyclic) bond motifs is 1. The summed E-state index contributed by atoms with van der Waals surface area (Å²) in [5.74, 6) is 0.623. The minimum atomic E-state index is -0.0850. The molecule has 1 aliphatic heterocycles. The van der Waals surface area contributed by atoms with Gasteiger partial charge in [-0.15, -0.1) is 0 Å². The molecule has 1 aliphatic rings. The number of nitrogens with zero attached hydrogens (tertiary/aromatic N) is 2. The molecule has 0 radical (unpaired) electrons. The van der Waals surface area contributed by atoms with Gasteiger partial charge in [-0.3, -0.25) is 9.59 Å². The van der Waals surface area contributed by atoms with Gasteiger partial charge in [0.2, 0.25) is 5.91 Å². The molecule has 7 heteroatoms. The SMILES string of the molecule is CC(C)OCCNC(=O)CC1COc2ccc(C(=O)N(C)C)cc2N1C. The Morgan fingerprint density at radius 3 is 2.77 bits per heavy atom. The molecule has 2 rings (SSSR count). The van der Waals surface area contributed by atoms with Gasteiger partial charge in [0.25, 0.3) is 5.91 Å². The van der Waals surface area contributed by atoms with E-state index in [4.69, 9.17) is 9.47 Å². The van der Waals surface area contributed by atoms with Gasteiger partial charge in [-0.25, -0.2) is 0 Å². The zero-order valence-corrected chi connectivity index (χ0v) is 16.2. The van der Waals surface area contributed by atoms with E-state index in [1.807, 2.05) is 37.9 Å². The molecule has 1 N–H and O–H groups in total. The molecule has 0 spiro atoms. The van der Waals surface area contributed by atoms with Crippen LogP contribution in [-0.4, -0.2) is 69.8 Å². The summed E-state index contributed by atoms with van der Waals surface area (Å²) in [5, 5.41) is 2.87. The van der Waals surface area contributed by atoms with Gasteiger partial charge >= 0.3 is 0 Å². The fourth-order valence-electron chi connectivity index (χ4n) is 2.77. The first-order valence-corrected chi connectivity index (χ1v) is 8.89. The molecule has 7 nitrogen and oxygen atoms in total. The van der Waals surface area contributed by atoms with E-state index in [1.165, 1.54) is 4.90 Å². The standard InChI is InChI=1S/C19H29N3O4/c1-13(2)25-9-8-20-18(23)11-15-12-26-17-7-6-14(19(24)21(3)4)10-16(17)22(15)5/h6-7,10,13,15H,8-9,11-12H2,1-5H3,(H,20,23). The van der Waals surface area contributed by atoms with Crippen LogP contribution >= 0.6 is 0 Å². The van der Waals surface area contributed by atoms with Gasteiger partial charge in [0, 0.05) is 33.3 Å². The summed E-state index contributed by atoms with van der Waals surface area (Å²) in [7, 11) is 5.36. The normalized spacial score (nSPS) is 16.1. The Morgan fingerprint density at radius 1 is 1.38 bits per heavy atom. The van der Waals surface area contributed by atoms with Crippen LogP contribution in [0, 0.1) is 0 Å². The summed E-state index contributed by atoms with van der Waals surface area (Å²) in [6.07, 6.45) is 0.476. The molecule has 1 heterocycles. The smallest absolute Gasteiger partial charge is 0.253 e.